The predicted molar refractivity (Wildman–Crippen MR) is 85.2 cm³/mol. The zero-order valence-electron chi connectivity index (χ0n) is 12.9. The molecule has 0 spiro atoms. The highest BCUT2D eigenvalue weighted by Crippen LogP contribution is 2.24. The van der Waals surface area contributed by atoms with E-state index in [9.17, 15) is 4.39 Å². The van der Waals surface area contributed by atoms with Crippen LogP contribution in [0.3, 0.4) is 0 Å². The van der Waals surface area contributed by atoms with Crippen LogP contribution in [0.4, 0.5) is 10.1 Å². The van der Waals surface area contributed by atoms with Gasteiger partial charge in [-0.25, -0.2) is 4.39 Å². The second-order valence-electron chi connectivity index (χ2n) is 6.30. The Morgan fingerprint density at radius 2 is 1.76 bits per heavy atom. The van der Waals surface area contributed by atoms with Gasteiger partial charge in [-0.15, -0.1) is 0 Å². The van der Waals surface area contributed by atoms with Crippen LogP contribution in [0, 0.1) is 11.7 Å². The van der Waals surface area contributed by atoms with Gasteiger partial charge in [0, 0.05) is 32.2 Å². The normalized spacial score (nSPS) is 23.2. The van der Waals surface area contributed by atoms with Gasteiger partial charge in [0.1, 0.15) is 5.82 Å². The van der Waals surface area contributed by atoms with Gasteiger partial charge in [0.2, 0.25) is 0 Å². The molecule has 4 heteroatoms. The summed E-state index contributed by atoms with van der Waals surface area (Å²) in [7, 11) is 0. The number of hydrogen-bond acceptors (Lipinski definition) is 3. The molecule has 21 heavy (non-hydrogen) atoms. The van der Waals surface area contributed by atoms with Crippen LogP contribution >= 0.6 is 0 Å². The first kappa shape index (κ1) is 14.8. The van der Waals surface area contributed by atoms with E-state index in [1.165, 1.54) is 12.8 Å². The minimum Gasteiger partial charge on any atom is -0.367 e. The molecule has 1 N–H and O–H groups in total. The summed E-state index contributed by atoms with van der Waals surface area (Å²) in [6.45, 7) is 8.62. The molecule has 1 aromatic rings. The van der Waals surface area contributed by atoms with Crippen molar-refractivity contribution in [3.8, 4) is 0 Å². The first-order chi connectivity index (χ1) is 10.3. The van der Waals surface area contributed by atoms with Crippen LogP contribution in [0.25, 0.3) is 0 Å². The zero-order chi connectivity index (χ0) is 14.7. The number of nitrogens with zero attached hydrogens (tertiary/aromatic N) is 2. The summed E-state index contributed by atoms with van der Waals surface area (Å²) < 4.78 is 13.9. The standard InChI is InChI=1S/C17H26FN3/c1-14(15-6-8-19-9-7-15)20-10-12-21(13-11-20)17-5-3-2-4-16(17)18/h2-5,14-15,19H,6-13H2,1H3. The van der Waals surface area contributed by atoms with Gasteiger partial charge in [0.15, 0.2) is 0 Å². The summed E-state index contributed by atoms with van der Waals surface area (Å²) >= 11 is 0. The van der Waals surface area contributed by atoms with Crippen LogP contribution in [0.15, 0.2) is 24.3 Å². The van der Waals surface area contributed by atoms with Crippen LogP contribution in [0.5, 0.6) is 0 Å². The SMILES string of the molecule is CC(C1CCNCC1)N1CCN(c2ccccc2F)CC1. The topological polar surface area (TPSA) is 18.5 Å². The number of piperazine rings is 1. The van der Waals surface area contributed by atoms with Gasteiger partial charge in [0.25, 0.3) is 0 Å². The fourth-order valence-corrected chi connectivity index (χ4v) is 3.70. The number of piperidine rings is 1. The van der Waals surface area contributed by atoms with Gasteiger partial charge in [-0.1, -0.05) is 12.1 Å². The number of halogens is 1. The average Bonchev–Trinajstić information content (AvgIpc) is 2.56. The molecule has 0 aliphatic carbocycles. The zero-order valence-corrected chi connectivity index (χ0v) is 12.9. The Bertz CT molecular complexity index is 451. The number of hydrogen-bond donors (Lipinski definition) is 1. The Labute approximate surface area is 127 Å². The van der Waals surface area contributed by atoms with Crippen molar-refractivity contribution in [3.63, 3.8) is 0 Å². The first-order valence-corrected chi connectivity index (χ1v) is 8.20. The fraction of sp³-hybridized carbons (Fsp3) is 0.647. The fourth-order valence-electron chi connectivity index (χ4n) is 3.70. The quantitative estimate of drug-likeness (QED) is 0.922. The number of anilines is 1. The molecule has 2 fully saturated rings. The summed E-state index contributed by atoms with van der Waals surface area (Å²) in [5.74, 6) is 0.712. The highest BCUT2D eigenvalue weighted by Gasteiger charge is 2.28. The van der Waals surface area contributed by atoms with Gasteiger partial charge in [-0.2, -0.15) is 0 Å². The molecule has 3 rings (SSSR count). The van der Waals surface area contributed by atoms with Crippen molar-refractivity contribution in [2.75, 3.05) is 44.2 Å². The second kappa shape index (κ2) is 6.75. The summed E-state index contributed by atoms with van der Waals surface area (Å²) in [6, 6.07) is 7.77. The third-order valence-corrected chi connectivity index (χ3v) is 5.15. The summed E-state index contributed by atoms with van der Waals surface area (Å²) in [5.41, 5.74) is 0.756. The first-order valence-electron chi connectivity index (χ1n) is 8.20. The van der Waals surface area contributed by atoms with E-state index in [0.29, 0.717) is 6.04 Å². The van der Waals surface area contributed by atoms with E-state index >= 15 is 0 Å². The molecule has 0 saturated carbocycles. The van der Waals surface area contributed by atoms with E-state index in [0.717, 1.165) is 50.9 Å². The molecule has 3 nitrogen and oxygen atoms in total. The highest BCUT2D eigenvalue weighted by molar-refractivity contribution is 5.48. The van der Waals surface area contributed by atoms with Crippen LogP contribution in [0.2, 0.25) is 0 Å². The molecule has 2 saturated heterocycles. The molecule has 0 bridgehead atoms. The largest absolute Gasteiger partial charge is 0.367 e. The second-order valence-corrected chi connectivity index (χ2v) is 6.30. The van der Waals surface area contributed by atoms with Crippen LogP contribution in [-0.2, 0) is 0 Å². The van der Waals surface area contributed by atoms with E-state index in [-0.39, 0.29) is 5.82 Å². The van der Waals surface area contributed by atoms with E-state index in [1.807, 2.05) is 12.1 Å². The lowest BCUT2D eigenvalue weighted by Crippen LogP contribution is -2.52. The van der Waals surface area contributed by atoms with Gasteiger partial charge >= 0.3 is 0 Å². The molecule has 0 amide bonds. The molecule has 1 atom stereocenters. The van der Waals surface area contributed by atoms with E-state index in [1.54, 1.807) is 12.1 Å². The van der Waals surface area contributed by atoms with Crippen molar-refractivity contribution < 1.29 is 4.39 Å². The van der Waals surface area contributed by atoms with E-state index in [2.05, 4.69) is 22.0 Å². The molecule has 2 heterocycles. The van der Waals surface area contributed by atoms with E-state index in [4.69, 9.17) is 0 Å². The predicted octanol–water partition coefficient (Wildman–Crippen LogP) is 2.34. The molecular weight excluding hydrogens is 265 g/mol. The lowest BCUT2D eigenvalue weighted by atomic mass is 9.90. The molecule has 2 aliphatic rings. The maximum Gasteiger partial charge on any atom is 0.146 e. The Morgan fingerprint density at radius 1 is 1.10 bits per heavy atom. The Morgan fingerprint density at radius 3 is 2.43 bits per heavy atom. The van der Waals surface area contributed by atoms with Crippen LogP contribution < -0.4 is 10.2 Å². The number of nitrogens with one attached hydrogen (secondary N) is 1. The molecule has 116 valence electrons. The minimum absolute atomic E-state index is 0.0997. The van der Waals surface area contributed by atoms with Gasteiger partial charge in [0.05, 0.1) is 5.69 Å². The summed E-state index contributed by atoms with van der Waals surface area (Å²) in [4.78, 5) is 4.77. The number of rotatable bonds is 3. The van der Waals surface area contributed by atoms with Crippen LogP contribution in [0.1, 0.15) is 19.8 Å². The maximum absolute atomic E-state index is 13.9. The minimum atomic E-state index is -0.0997. The Balaban J connectivity index is 1.56. The molecule has 2 aliphatic heterocycles. The molecule has 0 aromatic heterocycles. The smallest absolute Gasteiger partial charge is 0.146 e. The lowest BCUT2D eigenvalue weighted by molar-refractivity contribution is 0.126. The van der Waals surface area contributed by atoms with Gasteiger partial charge < -0.3 is 10.2 Å². The Hall–Kier alpha value is -1.13. The molecule has 0 radical (unpaired) electrons. The van der Waals surface area contributed by atoms with Crippen molar-refractivity contribution in [1.29, 1.82) is 0 Å². The monoisotopic (exact) mass is 291 g/mol. The van der Waals surface area contributed by atoms with E-state index < -0.39 is 0 Å². The molecular formula is C17H26FN3. The lowest BCUT2D eigenvalue weighted by Gasteiger charge is -2.42. The van der Waals surface area contributed by atoms with Crippen molar-refractivity contribution in [3.05, 3.63) is 30.1 Å². The molecule has 1 aromatic carbocycles. The summed E-state index contributed by atoms with van der Waals surface area (Å²) in [6.07, 6.45) is 2.57. The summed E-state index contributed by atoms with van der Waals surface area (Å²) in [5, 5.41) is 3.44. The van der Waals surface area contributed by atoms with Gasteiger partial charge in [-0.3, -0.25) is 4.90 Å². The average molecular weight is 291 g/mol. The number of para-hydroxylation sites is 1. The Kier molecular flexibility index (Phi) is 4.76. The van der Waals surface area contributed by atoms with Crippen molar-refractivity contribution in [2.45, 2.75) is 25.8 Å². The maximum atomic E-state index is 13.9. The molecule has 1 unspecified atom stereocenters. The van der Waals surface area contributed by atoms with Crippen molar-refractivity contribution >= 4 is 5.69 Å². The third kappa shape index (κ3) is 3.38. The number of benzene rings is 1. The van der Waals surface area contributed by atoms with Crippen LogP contribution in [-0.4, -0.2) is 50.2 Å². The third-order valence-electron chi connectivity index (χ3n) is 5.15. The highest BCUT2D eigenvalue weighted by atomic mass is 19.1. The van der Waals surface area contributed by atoms with Crippen molar-refractivity contribution in [2.24, 2.45) is 5.92 Å². The van der Waals surface area contributed by atoms with Gasteiger partial charge in [-0.05, 0) is 50.9 Å². The van der Waals surface area contributed by atoms with Crippen molar-refractivity contribution in [1.82, 2.24) is 10.2 Å².